The zero-order valence-corrected chi connectivity index (χ0v) is 22.4. The first-order valence-electron chi connectivity index (χ1n) is 13.0. The topological polar surface area (TPSA) is 58.6 Å². The molecule has 0 spiro atoms. The fourth-order valence-electron chi connectivity index (χ4n) is 5.18. The first-order valence-corrected chi connectivity index (χ1v) is 13.9. The van der Waals surface area contributed by atoms with Crippen LogP contribution >= 0.6 is 11.3 Å². The summed E-state index contributed by atoms with van der Waals surface area (Å²) >= 11 is 1.53. The van der Waals surface area contributed by atoms with Crippen LogP contribution in [-0.4, -0.2) is 51.9 Å². The second-order valence-electron chi connectivity index (χ2n) is 9.85. The van der Waals surface area contributed by atoms with E-state index in [1.807, 2.05) is 35.5 Å². The summed E-state index contributed by atoms with van der Waals surface area (Å²) in [5, 5.41) is 3.97. The molecule has 1 saturated heterocycles. The first-order chi connectivity index (χ1) is 18.1. The van der Waals surface area contributed by atoms with E-state index >= 15 is 0 Å². The Morgan fingerprint density at radius 3 is 2.86 bits per heavy atom. The van der Waals surface area contributed by atoms with Gasteiger partial charge in [-0.3, -0.25) is 14.7 Å². The highest BCUT2D eigenvalue weighted by atomic mass is 32.1. The van der Waals surface area contributed by atoms with Crippen LogP contribution in [-0.2, 0) is 13.1 Å². The molecule has 3 heterocycles. The van der Waals surface area contributed by atoms with Crippen LogP contribution in [0.4, 0.5) is 0 Å². The number of ether oxygens (including phenoxy) is 1. The SMILES string of the molecule is Cc1nc(C(=O)N2CCCC[C@@H]2CCOc2cccc(CN(C)Cc3cccc4cccnc34)c2)cs1. The molecule has 0 saturated carbocycles. The monoisotopic (exact) mass is 514 g/mol. The van der Waals surface area contributed by atoms with Gasteiger partial charge in [-0.05, 0) is 62.6 Å². The molecule has 1 amide bonds. The van der Waals surface area contributed by atoms with Crippen LogP contribution in [0.1, 0.15) is 52.3 Å². The number of carbonyl (C=O) groups excluding carboxylic acids is 1. The summed E-state index contributed by atoms with van der Waals surface area (Å²) in [6.07, 6.45) is 5.91. The van der Waals surface area contributed by atoms with Crippen molar-refractivity contribution in [2.75, 3.05) is 20.2 Å². The van der Waals surface area contributed by atoms with Crippen LogP contribution in [0.3, 0.4) is 0 Å². The standard InChI is InChI=1S/C30H34N4O2S/c1-22-32-28(21-37-22)30(35)34-16-4-3-12-26(34)14-17-36-27-13-5-8-23(18-27)19-33(2)20-25-10-6-9-24-11-7-15-31-29(24)25/h5-11,13,15,18,21,26H,3-4,12,14,16-17,19-20H2,1-2H3/t26-/m1/s1. The van der Waals surface area contributed by atoms with E-state index in [9.17, 15) is 4.79 Å². The van der Waals surface area contributed by atoms with Gasteiger partial charge in [-0.2, -0.15) is 0 Å². The Kier molecular flexibility index (Phi) is 8.12. The molecule has 2 aromatic carbocycles. The molecular weight excluding hydrogens is 480 g/mol. The van der Waals surface area contributed by atoms with E-state index in [2.05, 4.69) is 64.4 Å². The fourth-order valence-corrected chi connectivity index (χ4v) is 5.76. The Balaban J connectivity index is 1.16. The van der Waals surface area contributed by atoms with Gasteiger partial charge in [0.2, 0.25) is 0 Å². The third kappa shape index (κ3) is 6.35. The van der Waals surface area contributed by atoms with Crippen LogP contribution in [0.25, 0.3) is 10.9 Å². The van der Waals surface area contributed by atoms with Crippen molar-refractivity contribution < 1.29 is 9.53 Å². The Morgan fingerprint density at radius 1 is 1.14 bits per heavy atom. The number of hydrogen-bond donors (Lipinski definition) is 0. The normalized spacial score (nSPS) is 15.9. The van der Waals surface area contributed by atoms with Crippen molar-refractivity contribution in [2.45, 2.75) is 51.7 Å². The van der Waals surface area contributed by atoms with Crippen molar-refractivity contribution in [2.24, 2.45) is 0 Å². The number of thiazole rings is 1. The Morgan fingerprint density at radius 2 is 2.00 bits per heavy atom. The highest BCUT2D eigenvalue weighted by molar-refractivity contribution is 7.09. The molecule has 1 aliphatic rings. The van der Waals surface area contributed by atoms with Crippen molar-refractivity contribution in [3.63, 3.8) is 0 Å². The van der Waals surface area contributed by atoms with Gasteiger partial charge in [0.1, 0.15) is 11.4 Å². The van der Waals surface area contributed by atoms with Crippen LogP contribution in [0.2, 0.25) is 0 Å². The molecule has 5 rings (SSSR count). The van der Waals surface area contributed by atoms with E-state index in [1.54, 1.807) is 0 Å². The molecule has 0 N–H and O–H groups in total. The van der Waals surface area contributed by atoms with Gasteiger partial charge in [-0.25, -0.2) is 4.98 Å². The van der Waals surface area contributed by atoms with Gasteiger partial charge in [0, 0.05) is 49.1 Å². The number of fused-ring (bicyclic) bond motifs is 1. The Bertz CT molecular complexity index is 1350. The molecule has 7 heteroatoms. The van der Waals surface area contributed by atoms with Gasteiger partial charge < -0.3 is 9.64 Å². The van der Waals surface area contributed by atoms with E-state index in [0.29, 0.717) is 12.3 Å². The molecule has 0 bridgehead atoms. The zero-order valence-electron chi connectivity index (χ0n) is 21.6. The van der Waals surface area contributed by atoms with Crippen LogP contribution in [0, 0.1) is 6.92 Å². The summed E-state index contributed by atoms with van der Waals surface area (Å²) < 4.78 is 6.16. The summed E-state index contributed by atoms with van der Waals surface area (Å²) in [7, 11) is 2.13. The van der Waals surface area contributed by atoms with Gasteiger partial charge in [-0.15, -0.1) is 11.3 Å². The lowest BCUT2D eigenvalue weighted by Gasteiger charge is -2.35. The minimum absolute atomic E-state index is 0.0560. The van der Waals surface area contributed by atoms with Gasteiger partial charge in [0.05, 0.1) is 17.1 Å². The number of para-hydroxylation sites is 1. The predicted octanol–water partition coefficient (Wildman–Crippen LogP) is 6.10. The minimum atomic E-state index is 0.0560. The lowest BCUT2D eigenvalue weighted by Crippen LogP contribution is -2.44. The molecule has 0 aliphatic carbocycles. The summed E-state index contributed by atoms with van der Waals surface area (Å²) in [5.41, 5.74) is 4.08. The average Bonchev–Trinajstić information content (AvgIpc) is 3.35. The van der Waals surface area contributed by atoms with Crippen molar-refractivity contribution in [3.05, 3.63) is 88.0 Å². The molecule has 2 aromatic heterocycles. The maximum absolute atomic E-state index is 13.0. The van der Waals surface area contributed by atoms with Crippen molar-refractivity contribution in [3.8, 4) is 5.75 Å². The number of hydrogen-bond acceptors (Lipinski definition) is 6. The number of piperidine rings is 1. The van der Waals surface area contributed by atoms with Gasteiger partial charge in [0.15, 0.2) is 0 Å². The number of likely N-dealkylation sites (tertiary alicyclic amines) is 1. The van der Waals surface area contributed by atoms with Crippen molar-refractivity contribution >= 4 is 28.1 Å². The molecule has 4 aromatic rings. The molecule has 6 nitrogen and oxygen atoms in total. The van der Waals surface area contributed by atoms with E-state index in [0.717, 1.165) is 61.6 Å². The van der Waals surface area contributed by atoms with Gasteiger partial charge in [0.25, 0.3) is 5.91 Å². The molecule has 1 fully saturated rings. The number of carbonyl (C=O) groups is 1. The fraction of sp³-hybridized carbons (Fsp3) is 0.367. The molecule has 1 atom stereocenters. The third-order valence-electron chi connectivity index (χ3n) is 6.95. The molecular formula is C30H34N4O2S. The Labute approximate surface area is 222 Å². The van der Waals surface area contributed by atoms with Crippen LogP contribution in [0.15, 0.2) is 66.2 Å². The van der Waals surface area contributed by atoms with Crippen LogP contribution < -0.4 is 4.74 Å². The molecule has 1 aliphatic heterocycles. The molecule has 0 unspecified atom stereocenters. The highest BCUT2D eigenvalue weighted by Crippen LogP contribution is 2.24. The third-order valence-corrected chi connectivity index (χ3v) is 7.73. The quantitative estimate of drug-likeness (QED) is 0.270. The second-order valence-corrected chi connectivity index (χ2v) is 10.9. The maximum Gasteiger partial charge on any atom is 0.273 e. The number of benzene rings is 2. The van der Waals surface area contributed by atoms with E-state index < -0.39 is 0 Å². The number of aromatic nitrogens is 2. The van der Waals surface area contributed by atoms with E-state index in [1.165, 1.54) is 27.8 Å². The number of amides is 1. The van der Waals surface area contributed by atoms with Crippen LogP contribution in [0.5, 0.6) is 5.75 Å². The summed E-state index contributed by atoms with van der Waals surface area (Å²) in [6.45, 7) is 4.97. The van der Waals surface area contributed by atoms with Gasteiger partial charge >= 0.3 is 0 Å². The number of rotatable bonds is 9. The smallest absolute Gasteiger partial charge is 0.273 e. The Hall–Kier alpha value is -3.29. The average molecular weight is 515 g/mol. The number of pyridine rings is 1. The zero-order chi connectivity index (χ0) is 25.6. The summed E-state index contributed by atoms with van der Waals surface area (Å²) in [4.78, 5) is 26.3. The first kappa shape index (κ1) is 25.4. The lowest BCUT2D eigenvalue weighted by atomic mass is 9.99. The largest absolute Gasteiger partial charge is 0.494 e. The van der Waals surface area contributed by atoms with Crippen molar-refractivity contribution in [1.29, 1.82) is 0 Å². The second kappa shape index (κ2) is 11.8. The van der Waals surface area contributed by atoms with E-state index in [4.69, 9.17) is 4.74 Å². The number of nitrogens with zero attached hydrogens (tertiary/aromatic N) is 4. The lowest BCUT2D eigenvalue weighted by molar-refractivity contribution is 0.0575. The highest BCUT2D eigenvalue weighted by Gasteiger charge is 2.28. The predicted molar refractivity (Wildman–Crippen MR) is 149 cm³/mol. The minimum Gasteiger partial charge on any atom is -0.494 e. The molecule has 0 radical (unpaired) electrons. The van der Waals surface area contributed by atoms with Crippen molar-refractivity contribution in [1.82, 2.24) is 19.8 Å². The summed E-state index contributed by atoms with van der Waals surface area (Å²) in [6, 6.07) is 19.0. The molecule has 37 heavy (non-hydrogen) atoms. The molecule has 192 valence electrons. The summed E-state index contributed by atoms with van der Waals surface area (Å²) in [5.74, 6) is 0.932. The number of aryl methyl sites for hydroxylation is 1. The van der Waals surface area contributed by atoms with Gasteiger partial charge in [-0.1, -0.05) is 36.4 Å². The maximum atomic E-state index is 13.0. The van der Waals surface area contributed by atoms with E-state index in [-0.39, 0.29) is 11.9 Å².